The normalized spacial score (nSPS) is 10.5. The molecular weight excluding hydrogens is 418 g/mol. The number of ether oxygens (including phenoxy) is 2. The topological polar surface area (TPSA) is 82.5 Å². The van der Waals surface area contributed by atoms with Crippen molar-refractivity contribution in [1.29, 1.82) is 0 Å². The van der Waals surface area contributed by atoms with Crippen LogP contribution in [0.4, 0.5) is 5.82 Å². The molecule has 0 spiro atoms. The molecule has 0 aliphatic carbocycles. The molecule has 3 aromatic carbocycles. The average molecular weight is 441 g/mol. The number of nitrogens with zero attached hydrogens (tertiary/aromatic N) is 2. The summed E-state index contributed by atoms with van der Waals surface area (Å²) < 4.78 is 11.9. The van der Waals surface area contributed by atoms with Gasteiger partial charge in [0.25, 0.3) is 5.56 Å². The van der Waals surface area contributed by atoms with E-state index < -0.39 is 11.5 Å². The van der Waals surface area contributed by atoms with E-state index in [1.54, 1.807) is 6.20 Å². The van der Waals surface area contributed by atoms with E-state index in [-0.39, 0.29) is 12.4 Å². The molecule has 0 saturated carbocycles. The fourth-order valence-corrected chi connectivity index (χ4v) is 3.28. The Kier molecular flexibility index (Phi) is 6.80. The Bertz CT molecular complexity index is 1270. The molecule has 0 aliphatic heterocycles. The molecule has 0 atom stereocenters. The average Bonchev–Trinajstić information content (AvgIpc) is 2.86. The van der Waals surface area contributed by atoms with E-state index in [1.807, 2.05) is 84.9 Å². The number of hydrogen-bond donors (Lipinski definition) is 1. The number of carbonyl (C=O) groups excluding carboxylic acids is 1. The van der Waals surface area contributed by atoms with Crippen LogP contribution in [-0.2, 0) is 22.6 Å². The van der Waals surface area contributed by atoms with Crippen LogP contribution in [0, 0.1) is 0 Å². The zero-order valence-electron chi connectivity index (χ0n) is 18.1. The third kappa shape index (κ3) is 5.46. The number of methoxy groups -OCH3 is 1. The van der Waals surface area contributed by atoms with E-state index in [4.69, 9.17) is 9.47 Å². The van der Waals surface area contributed by atoms with Crippen molar-refractivity contribution in [3.63, 3.8) is 0 Å². The minimum atomic E-state index is -0.513. The van der Waals surface area contributed by atoms with E-state index in [0.717, 1.165) is 22.6 Å². The van der Waals surface area contributed by atoms with Crippen LogP contribution in [0.25, 0.3) is 11.3 Å². The van der Waals surface area contributed by atoms with Crippen molar-refractivity contribution in [2.75, 3.05) is 12.4 Å². The zero-order chi connectivity index (χ0) is 23.0. The minimum Gasteiger partial charge on any atom is -0.468 e. The molecule has 0 fully saturated rings. The van der Waals surface area contributed by atoms with Gasteiger partial charge in [-0.25, -0.2) is 4.98 Å². The zero-order valence-corrected chi connectivity index (χ0v) is 18.1. The first kappa shape index (κ1) is 21.8. The summed E-state index contributed by atoms with van der Waals surface area (Å²) in [6, 6.07) is 26.4. The largest absolute Gasteiger partial charge is 0.468 e. The van der Waals surface area contributed by atoms with E-state index in [1.165, 1.54) is 11.7 Å². The second-order valence-corrected chi connectivity index (χ2v) is 7.24. The van der Waals surface area contributed by atoms with Gasteiger partial charge < -0.3 is 14.8 Å². The molecule has 0 amide bonds. The summed E-state index contributed by atoms with van der Waals surface area (Å²) in [4.78, 5) is 29.4. The lowest BCUT2D eigenvalue weighted by molar-refractivity contribution is -0.141. The lowest BCUT2D eigenvalue weighted by Gasteiger charge is -2.14. The Morgan fingerprint density at radius 2 is 1.55 bits per heavy atom. The Hall–Kier alpha value is -4.39. The molecule has 0 saturated heterocycles. The molecule has 33 heavy (non-hydrogen) atoms. The predicted molar refractivity (Wildman–Crippen MR) is 126 cm³/mol. The van der Waals surface area contributed by atoms with Gasteiger partial charge in [-0.15, -0.1) is 0 Å². The highest BCUT2D eigenvalue weighted by molar-refractivity contribution is 5.71. The molecule has 4 rings (SSSR count). The van der Waals surface area contributed by atoms with Crippen LogP contribution in [0.5, 0.6) is 11.5 Å². The summed E-state index contributed by atoms with van der Waals surface area (Å²) >= 11 is 0. The third-order valence-electron chi connectivity index (χ3n) is 5.00. The van der Waals surface area contributed by atoms with Gasteiger partial charge in [-0.05, 0) is 35.4 Å². The molecule has 0 radical (unpaired) electrons. The fourth-order valence-electron chi connectivity index (χ4n) is 3.28. The number of nitrogens with one attached hydrogen (secondary N) is 1. The summed E-state index contributed by atoms with van der Waals surface area (Å²) in [5.74, 6) is 1.12. The molecule has 0 bridgehead atoms. The Labute approximate surface area is 191 Å². The Morgan fingerprint density at radius 1 is 0.909 bits per heavy atom. The number of aromatic nitrogens is 2. The molecule has 7 nitrogen and oxygen atoms in total. The van der Waals surface area contributed by atoms with Gasteiger partial charge in [0.1, 0.15) is 18.0 Å². The number of esters is 1. The summed E-state index contributed by atoms with van der Waals surface area (Å²) in [5, 5.41) is 3.07. The molecule has 0 unspecified atom stereocenters. The van der Waals surface area contributed by atoms with E-state index in [9.17, 15) is 9.59 Å². The molecule has 7 heteroatoms. The first-order chi connectivity index (χ1) is 16.1. The lowest BCUT2D eigenvalue weighted by atomic mass is 10.1. The molecule has 1 N–H and O–H groups in total. The number of para-hydroxylation sites is 1. The van der Waals surface area contributed by atoms with Crippen LogP contribution in [0.1, 0.15) is 5.56 Å². The maximum atomic E-state index is 13.1. The quantitative estimate of drug-likeness (QED) is 0.406. The first-order valence-corrected chi connectivity index (χ1v) is 10.4. The second-order valence-electron chi connectivity index (χ2n) is 7.24. The molecule has 166 valence electrons. The van der Waals surface area contributed by atoms with Gasteiger partial charge >= 0.3 is 5.97 Å². The van der Waals surface area contributed by atoms with E-state index >= 15 is 0 Å². The van der Waals surface area contributed by atoms with Crippen LogP contribution in [0.2, 0.25) is 0 Å². The standard InChI is InChI=1S/C26H23N3O4/c1-32-24(30)18-29-23(20-8-4-2-5-9-20)17-28-25(26(29)31)27-16-19-12-14-22(15-13-19)33-21-10-6-3-7-11-21/h2-15,17H,16,18H2,1H3,(H,27,28). The monoisotopic (exact) mass is 441 g/mol. The van der Waals surface area contributed by atoms with Crippen molar-refractivity contribution in [3.8, 4) is 22.8 Å². The van der Waals surface area contributed by atoms with Crippen molar-refractivity contribution in [1.82, 2.24) is 9.55 Å². The highest BCUT2D eigenvalue weighted by atomic mass is 16.5. The van der Waals surface area contributed by atoms with E-state index in [0.29, 0.717) is 12.2 Å². The fraction of sp³-hybridized carbons (Fsp3) is 0.115. The van der Waals surface area contributed by atoms with Crippen molar-refractivity contribution in [3.05, 3.63) is 107 Å². The number of rotatable bonds is 8. The van der Waals surface area contributed by atoms with Crippen LogP contribution < -0.4 is 15.6 Å². The van der Waals surface area contributed by atoms with Gasteiger partial charge in [0.2, 0.25) is 0 Å². The van der Waals surface area contributed by atoms with Crippen LogP contribution in [0.15, 0.2) is 95.9 Å². The number of carbonyl (C=O) groups is 1. The molecular formula is C26H23N3O4. The summed E-state index contributed by atoms with van der Waals surface area (Å²) in [6.07, 6.45) is 1.58. The van der Waals surface area contributed by atoms with Crippen LogP contribution >= 0.6 is 0 Å². The second kappa shape index (κ2) is 10.3. The van der Waals surface area contributed by atoms with Crippen LogP contribution in [-0.4, -0.2) is 22.6 Å². The van der Waals surface area contributed by atoms with Crippen molar-refractivity contribution < 1.29 is 14.3 Å². The first-order valence-electron chi connectivity index (χ1n) is 10.4. The van der Waals surface area contributed by atoms with Gasteiger partial charge in [0, 0.05) is 6.54 Å². The lowest BCUT2D eigenvalue weighted by Crippen LogP contribution is -2.29. The predicted octanol–water partition coefficient (Wildman–Crippen LogP) is 4.49. The summed E-state index contributed by atoms with van der Waals surface area (Å²) in [5.41, 5.74) is 1.87. The maximum absolute atomic E-state index is 13.1. The molecule has 0 aliphatic rings. The highest BCUT2D eigenvalue weighted by Crippen LogP contribution is 2.22. The van der Waals surface area contributed by atoms with Crippen molar-refractivity contribution in [2.45, 2.75) is 13.1 Å². The highest BCUT2D eigenvalue weighted by Gasteiger charge is 2.15. The van der Waals surface area contributed by atoms with Crippen molar-refractivity contribution in [2.24, 2.45) is 0 Å². The Morgan fingerprint density at radius 3 is 2.21 bits per heavy atom. The summed E-state index contributed by atoms with van der Waals surface area (Å²) in [6.45, 7) is 0.180. The molecule has 1 aromatic heterocycles. The minimum absolute atomic E-state index is 0.156. The SMILES string of the molecule is COC(=O)Cn1c(-c2ccccc2)cnc(NCc2ccc(Oc3ccccc3)cc2)c1=O. The third-order valence-corrected chi connectivity index (χ3v) is 5.00. The van der Waals surface area contributed by atoms with Gasteiger partial charge in [0.05, 0.1) is 19.0 Å². The van der Waals surface area contributed by atoms with Gasteiger partial charge in [-0.1, -0.05) is 60.7 Å². The van der Waals surface area contributed by atoms with Gasteiger partial charge in [-0.2, -0.15) is 0 Å². The Balaban J connectivity index is 1.51. The van der Waals surface area contributed by atoms with Gasteiger partial charge in [0.15, 0.2) is 5.82 Å². The molecule has 4 aromatic rings. The van der Waals surface area contributed by atoms with E-state index in [2.05, 4.69) is 10.3 Å². The van der Waals surface area contributed by atoms with Crippen molar-refractivity contribution >= 4 is 11.8 Å². The number of hydrogen-bond acceptors (Lipinski definition) is 6. The summed E-state index contributed by atoms with van der Waals surface area (Å²) in [7, 11) is 1.29. The maximum Gasteiger partial charge on any atom is 0.325 e. The smallest absolute Gasteiger partial charge is 0.325 e. The number of anilines is 1. The van der Waals surface area contributed by atoms with Crippen LogP contribution in [0.3, 0.4) is 0 Å². The number of benzene rings is 3. The van der Waals surface area contributed by atoms with Gasteiger partial charge in [-0.3, -0.25) is 14.2 Å². The molecule has 1 heterocycles.